The van der Waals surface area contributed by atoms with Gasteiger partial charge in [-0.15, -0.1) is 11.3 Å². The van der Waals surface area contributed by atoms with Crippen LogP contribution in [0.3, 0.4) is 0 Å². The summed E-state index contributed by atoms with van der Waals surface area (Å²) in [6, 6.07) is 3.54. The number of sulfonamides is 1. The Morgan fingerprint density at radius 1 is 1.42 bits per heavy atom. The van der Waals surface area contributed by atoms with Gasteiger partial charge in [-0.3, -0.25) is 0 Å². The van der Waals surface area contributed by atoms with E-state index in [-0.39, 0.29) is 6.10 Å². The molecule has 1 aliphatic rings. The van der Waals surface area contributed by atoms with E-state index in [0.29, 0.717) is 23.8 Å². The summed E-state index contributed by atoms with van der Waals surface area (Å²) in [5, 5.41) is 0. The summed E-state index contributed by atoms with van der Waals surface area (Å²) < 4.78 is 32.2. The molecule has 1 aromatic rings. The van der Waals surface area contributed by atoms with Crippen LogP contribution in [0.1, 0.15) is 17.7 Å². The van der Waals surface area contributed by atoms with Gasteiger partial charge in [0.05, 0.1) is 6.10 Å². The van der Waals surface area contributed by atoms with E-state index >= 15 is 0 Å². The van der Waals surface area contributed by atoms with Crippen LogP contribution in [-0.2, 0) is 21.2 Å². The van der Waals surface area contributed by atoms with Crippen molar-refractivity contribution in [2.45, 2.75) is 29.6 Å². The van der Waals surface area contributed by atoms with E-state index in [1.54, 1.807) is 17.5 Å². The Balaban J connectivity index is 2.09. The predicted octanol–water partition coefficient (Wildman–Crippen LogP) is 1.05. The molecule has 1 fully saturated rings. The number of nitrogens with zero attached hydrogens (tertiary/aromatic N) is 1. The first kappa shape index (κ1) is 14.9. The SMILES string of the molecule is COC1CCN(S(=O)(=O)c2ccc(CCN)s2)CC1. The molecule has 0 radical (unpaired) electrons. The lowest BCUT2D eigenvalue weighted by molar-refractivity contribution is 0.0605. The van der Waals surface area contributed by atoms with Crippen molar-refractivity contribution in [2.75, 3.05) is 26.7 Å². The second-order valence-corrected chi connectivity index (χ2v) is 7.93. The zero-order valence-electron chi connectivity index (χ0n) is 11.0. The fraction of sp³-hybridized carbons (Fsp3) is 0.667. The van der Waals surface area contributed by atoms with Crippen molar-refractivity contribution >= 4 is 21.4 Å². The average molecular weight is 304 g/mol. The predicted molar refractivity (Wildman–Crippen MR) is 75.9 cm³/mol. The van der Waals surface area contributed by atoms with Crippen LogP contribution in [0.15, 0.2) is 16.3 Å². The summed E-state index contributed by atoms with van der Waals surface area (Å²) in [5.74, 6) is 0. The van der Waals surface area contributed by atoms with Crippen LogP contribution in [0, 0.1) is 0 Å². The van der Waals surface area contributed by atoms with E-state index in [4.69, 9.17) is 10.5 Å². The monoisotopic (exact) mass is 304 g/mol. The maximum atomic E-state index is 12.5. The minimum atomic E-state index is -3.34. The zero-order chi connectivity index (χ0) is 13.9. The third-order valence-corrected chi connectivity index (χ3v) is 6.87. The lowest BCUT2D eigenvalue weighted by Crippen LogP contribution is -2.40. The molecule has 0 bridgehead atoms. The molecule has 0 saturated carbocycles. The van der Waals surface area contributed by atoms with E-state index < -0.39 is 10.0 Å². The fourth-order valence-electron chi connectivity index (χ4n) is 2.21. The number of thiophene rings is 1. The van der Waals surface area contributed by atoms with E-state index in [0.717, 1.165) is 24.1 Å². The van der Waals surface area contributed by atoms with Crippen molar-refractivity contribution < 1.29 is 13.2 Å². The Hall–Kier alpha value is -0.470. The smallest absolute Gasteiger partial charge is 0.252 e. The van der Waals surface area contributed by atoms with Gasteiger partial charge in [-0.25, -0.2) is 8.42 Å². The molecule has 1 saturated heterocycles. The van der Waals surface area contributed by atoms with Gasteiger partial charge >= 0.3 is 0 Å². The van der Waals surface area contributed by atoms with E-state index in [9.17, 15) is 8.42 Å². The molecule has 108 valence electrons. The number of methoxy groups -OCH3 is 1. The second kappa shape index (κ2) is 6.32. The highest BCUT2D eigenvalue weighted by atomic mass is 32.2. The topological polar surface area (TPSA) is 72.6 Å². The van der Waals surface area contributed by atoms with E-state index in [2.05, 4.69) is 0 Å². The summed E-state index contributed by atoms with van der Waals surface area (Å²) in [4.78, 5) is 1.02. The highest BCUT2D eigenvalue weighted by Gasteiger charge is 2.30. The van der Waals surface area contributed by atoms with Crippen LogP contribution < -0.4 is 5.73 Å². The van der Waals surface area contributed by atoms with E-state index in [1.165, 1.54) is 11.3 Å². The molecule has 0 amide bonds. The number of piperidine rings is 1. The molecule has 0 aliphatic carbocycles. The summed E-state index contributed by atoms with van der Waals surface area (Å²) in [6.07, 6.45) is 2.43. The Morgan fingerprint density at radius 3 is 2.68 bits per heavy atom. The average Bonchev–Trinajstić information content (AvgIpc) is 2.89. The molecule has 7 heteroatoms. The molecule has 19 heavy (non-hydrogen) atoms. The van der Waals surface area contributed by atoms with Crippen molar-refractivity contribution in [1.29, 1.82) is 0 Å². The molecule has 2 heterocycles. The van der Waals surface area contributed by atoms with Gasteiger partial charge in [0, 0.05) is 25.1 Å². The van der Waals surface area contributed by atoms with Gasteiger partial charge in [-0.2, -0.15) is 4.31 Å². The number of hydrogen-bond donors (Lipinski definition) is 1. The molecule has 2 rings (SSSR count). The van der Waals surface area contributed by atoms with Gasteiger partial charge in [0.2, 0.25) is 0 Å². The number of ether oxygens (including phenoxy) is 1. The minimum absolute atomic E-state index is 0.183. The summed E-state index contributed by atoms with van der Waals surface area (Å²) >= 11 is 1.32. The molecule has 2 N–H and O–H groups in total. The van der Waals surface area contributed by atoms with Crippen LogP contribution in [-0.4, -0.2) is 45.6 Å². The number of hydrogen-bond acceptors (Lipinski definition) is 5. The standard InChI is InChI=1S/C12H20N2O3S2/c1-17-10-5-8-14(9-6-10)19(15,16)12-3-2-11(18-12)4-7-13/h2-3,10H,4-9,13H2,1H3. The Kier molecular flexibility index (Phi) is 4.97. The molecular weight excluding hydrogens is 284 g/mol. The van der Waals surface area contributed by atoms with Crippen molar-refractivity contribution in [3.05, 3.63) is 17.0 Å². The summed E-state index contributed by atoms with van der Waals surface area (Å²) in [7, 11) is -1.66. The maximum absolute atomic E-state index is 12.5. The van der Waals surface area contributed by atoms with Crippen LogP contribution in [0.25, 0.3) is 0 Å². The third-order valence-electron chi connectivity index (χ3n) is 3.36. The first-order valence-electron chi connectivity index (χ1n) is 6.39. The lowest BCUT2D eigenvalue weighted by atomic mass is 10.1. The Morgan fingerprint density at radius 2 is 2.11 bits per heavy atom. The summed E-state index contributed by atoms with van der Waals surface area (Å²) in [5.41, 5.74) is 5.49. The highest BCUT2D eigenvalue weighted by molar-refractivity contribution is 7.91. The van der Waals surface area contributed by atoms with Crippen molar-refractivity contribution in [3.8, 4) is 0 Å². The molecule has 5 nitrogen and oxygen atoms in total. The molecule has 0 atom stereocenters. The number of rotatable bonds is 5. The van der Waals surface area contributed by atoms with Crippen LogP contribution >= 0.6 is 11.3 Å². The molecule has 1 aromatic heterocycles. The van der Waals surface area contributed by atoms with Crippen LogP contribution in [0.5, 0.6) is 0 Å². The lowest BCUT2D eigenvalue weighted by Gasteiger charge is -2.29. The van der Waals surface area contributed by atoms with Crippen molar-refractivity contribution in [3.63, 3.8) is 0 Å². The van der Waals surface area contributed by atoms with Crippen molar-refractivity contribution in [1.82, 2.24) is 4.31 Å². The minimum Gasteiger partial charge on any atom is -0.381 e. The highest BCUT2D eigenvalue weighted by Crippen LogP contribution is 2.27. The van der Waals surface area contributed by atoms with Crippen LogP contribution in [0.2, 0.25) is 0 Å². The second-order valence-electron chi connectivity index (χ2n) is 4.60. The maximum Gasteiger partial charge on any atom is 0.252 e. The molecule has 1 aliphatic heterocycles. The van der Waals surface area contributed by atoms with Gasteiger partial charge in [-0.05, 0) is 37.9 Å². The first-order valence-corrected chi connectivity index (χ1v) is 8.65. The Bertz CT molecular complexity index is 505. The van der Waals surface area contributed by atoms with Gasteiger partial charge in [0.25, 0.3) is 10.0 Å². The Labute approximate surface area is 118 Å². The van der Waals surface area contributed by atoms with Gasteiger partial charge in [0.1, 0.15) is 4.21 Å². The van der Waals surface area contributed by atoms with Gasteiger partial charge in [-0.1, -0.05) is 0 Å². The zero-order valence-corrected chi connectivity index (χ0v) is 12.7. The quantitative estimate of drug-likeness (QED) is 0.882. The van der Waals surface area contributed by atoms with Crippen LogP contribution in [0.4, 0.5) is 0 Å². The largest absolute Gasteiger partial charge is 0.381 e. The van der Waals surface area contributed by atoms with Gasteiger partial charge < -0.3 is 10.5 Å². The summed E-state index contributed by atoms with van der Waals surface area (Å²) in [6.45, 7) is 1.61. The molecule has 0 aromatic carbocycles. The number of nitrogens with two attached hydrogens (primary N) is 1. The normalized spacial score (nSPS) is 18.8. The molecule has 0 spiro atoms. The first-order chi connectivity index (χ1) is 9.07. The third kappa shape index (κ3) is 3.35. The van der Waals surface area contributed by atoms with Gasteiger partial charge in [0.15, 0.2) is 0 Å². The molecular formula is C12H20N2O3S2. The molecule has 0 unspecified atom stereocenters. The fourth-order valence-corrected chi connectivity index (χ4v) is 5.20. The van der Waals surface area contributed by atoms with Crippen molar-refractivity contribution in [2.24, 2.45) is 5.73 Å². The van der Waals surface area contributed by atoms with E-state index in [1.807, 2.05) is 6.07 Å².